The Hall–Kier alpha value is -1.09. The zero-order chi connectivity index (χ0) is 10.6. The summed E-state index contributed by atoms with van der Waals surface area (Å²) in [5.41, 5.74) is 0.273. The van der Waals surface area contributed by atoms with Gasteiger partial charge >= 0.3 is 4.77 Å². The SMILES string of the molecule is O=C=Nc1cccc(OC(F)(Cl)Cl)c1. The monoisotopic (exact) mass is 235 g/mol. The van der Waals surface area contributed by atoms with E-state index in [2.05, 4.69) is 9.73 Å². The van der Waals surface area contributed by atoms with E-state index in [4.69, 9.17) is 23.2 Å². The highest BCUT2D eigenvalue weighted by Gasteiger charge is 2.24. The van der Waals surface area contributed by atoms with Crippen molar-refractivity contribution in [1.82, 2.24) is 0 Å². The predicted octanol–water partition coefficient (Wildman–Crippen LogP) is 3.09. The lowest BCUT2D eigenvalue weighted by Gasteiger charge is -2.11. The summed E-state index contributed by atoms with van der Waals surface area (Å²) in [5.74, 6) is 0.0639. The predicted molar refractivity (Wildman–Crippen MR) is 50.4 cm³/mol. The van der Waals surface area contributed by atoms with Gasteiger partial charge in [0.1, 0.15) is 5.75 Å². The van der Waals surface area contributed by atoms with Crippen molar-refractivity contribution in [3.8, 4) is 5.75 Å². The zero-order valence-corrected chi connectivity index (χ0v) is 8.22. The van der Waals surface area contributed by atoms with Crippen LogP contribution >= 0.6 is 23.2 Å². The lowest BCUT2D eigenvalue weighted by atomic mass is 10.3. The van der Waals surface area contributed by atoms with Gasteiger partial charge in [-0.15, -0.1) is 0 Å². The van der Waals surface area contributed by atoms with Crippen LogP contribution in [0.25, 0.3) is 0 Å². The van der Waals surface area contributed by atoms with E-state index in [0.29, 0.717) is 0 Å². The fourth-order valence-electron chi connectivity index (χ4n) is 0.803. The largest absolute Gasteiger partial charge is 0.433 e. The summed E-state index contributed by atoms with van der Waals surface area (Å²) < 4.78 is 14.3. The maximum atomic E-state index is 12.6. The normalized spacial score (nSPS) is 10.5. The number of nitrogens with zero attached hydrogens (tertiary/aromatic N) is 1. The molecule has 1 aromatic rings. The number of halogens is 3. The summed E-state index contributed by atoms with van der Waals surface area (Å²) in [6, 6.07) is 5.73. The van der Waals surface area contributed by atoms with E-state index in [-0.39, 0.29) is 11.4 Å². The summed E-state index contributed by atoms with van der Waals surface area (Å²) in [4.78, 5) is 13.2. The first kappa shape index (κ1) is 11.0. The molecule has 0 saturated carbocycles. The highest BCUT2D eigenvalue weighted by atomic mass is 35.5. The van der Waals surface area contributed by atoms with Crippen molar-refractivity contribution in [3.05, 3.63) is 24.3 Å². The van der Waals surface area contributed by atoms with E-state index >= 15 is 0 Å². The molecule has 0 bridgehead atoms. The summed E-state index contributed by atoms with van der Waals surface area (Å²) in [6.45, 7) is 0. The Bertz CT molecular complexity index is 372. The maximum absolute atomic E-state index is 12.6. The van der Waals surface area contributed by atoms with Crippen molar-refractivity contribution < 1.29 is 13.9 Å². The van der Waals surface area contributed by atoms with Crippen LogP contribution in [0.5, 0.6) is 5.75 Å². The van der Waals surface area contributed by atoms with Gasteiger partial charge in [0.2, 0.25) is 6.08 Å². The van der Waals surface area contributed by atoms with Crippen molar-refractivity contribution in [2.24, 2.45) is 4.99 Å². The van der Waals surface area contributed by atoms with Crippen LogP contribution in [-0.4, -0.2) is 10.9 Å². The van der Waals surface area contributed by atoms with E-state index in [1.165, 1.54) is 30.3 Å². The number of benzene rings is 1. The molecule has 74 valence electrons. The topological polar surface area (TPSA) is 38.7 Å². The first-order chi connectivity index (χ1) is 6.51. The van der Waals surface area contributed by atoms with Crippen LogP contribution < -0.4 is 4.74 Å². The molecule has 0 heterocycles. The van der Waals surface area contributed by atoms with Gasteiger partial charge in [-0.05, 0) is 35.3 Å². The number of rotatable bonds is 3. The first-order valence-electron chi connectivity index (χ1n) is 3.45. The molecule has 0 spiro atoms. The molecule has 6 heteroatoms. The van der Waals surface area contributed by atoms with Crippen LogP contribution in [0, 0.1) is 0 Å². The van der Waals surface area contributed by atoms with Crippen LogP contribution in [0.15, 0.2) is 29.3 Å². The Morgan fingerprint density at radius 1 is 1.50 bits per heavy atom. The molecule has 0 aromatic heterocycles. The third-order valence-electron chi connectivity index (χ3n) is 1.23. The fourth-order valence-corrected chi connectivity index (χ4v) is 0.981. The van der Waals surface area contributed by atoms with Crippen molar-refractivity contribution in [3.63, 3.8) is 0 Å². The van der Waals surface area contributed by atoms with Gasteiger partial charge in [-0.25, -0.2) is 4.79 Å². The maximum Gasteiger partial charge on any atom is 0.410 e. The van der Waals surface area contributed by atoms with Crippen LogP contribution in [0.3, 0.4) is 0 Å². The van der Waals surface area contributed by atoms with Gasteiger partial charge in [0.15, 0.2) is 0 Å². The van der Waals surface area contributed by atoms with Crippen LogP contribution in [0.1, 0.15) is 0 Å². The van der Waals surface area contributed by atoms with Crippen LogP contribution in [0.4, 0.5) is 10.1 Å². The van der Waals surface area contributed by atoms with Crippen molar-refractivity contribution in [2.75, 3.05) is 0 Å². The van der Waals surface area contributed by atoms with Gasteiger partial charge in [0.05, 0.1) is 5.69 Å². The minimum Gasteiger partial charge on any atom is -0.433 e. The van der Waals surface area contributed by atoms with Crippen LogP contribution in [0.2, 0.25) is 0 Å². The number of hydrogen-bond donors (Lipinski definition) is 0. The van der Waals surface area contributed by atoms with Gasteiger partial charge < -0.3 is 4.74 Å². The Balaban J connectivity index is 2.89. The second-order valence-corrected chi connectivity index (χ2v) is 3.41. The molecule has 0 amide bonds. The average Bonchev–Trinajstić information content (AvgIpc) is 2.02. The Kier molecular flexibility index (Phi) is 3.47. The number of alkyl halides is 3. The Morgan fingerprint density at radius 3 is 2.79 bits per heavy atom. The van der Waals surface area contributed by atoms with E-state index in [0.717, 1.165) is 0 Å². The number of aliphatic imine (C=N–C) groups is 1. The van der Waals surface area contributed by atoms with Gasteiger partial charge in [-0.3, -0.25) is 0 Å². The fraction of sp³-hybridized carbons (Fsp3) is 0.125. The summed E-state index contributed by atoms with van der Waals surface area (Å²) >= 11 is 9.93. The Labute approximate surface area is 89.1 Å². The van der Waals surface area contributed by atoms with Crippen LogP contribution in [-0.2, 0) is 4.79 Å². The minimum atomic E-state index is -2.80. The molecule has 0 radical (unpaired) electrons. The zero-order valence-electron chi connectivity index (χ0n) is 6.71. The van der Waals surface area contributed by atoms with E-state index in [1.54, 1.807) is 0 Å². The number of isocyanates is 1. The van der Waals surface area contributed by atoms with Gasteiger partial charge in [-0.1, -0.05) is 6.07 Å². The molecular weight excluding hydrogens is 232 g/mol. The van der Waals surface area contributed by atoms with Gasteiger partial charge in [-0.2, -0.15) is 9.38 Å². The summed E-state index contributed by atoms with van der Waals surface area (Å²) in [6.07, 6.45) is 1.33. The quantitative estimate of drug-likeness (QED) is 0.459. The molecule has 0 fully saturated rings. The molecule has 1 aromatic carbocycles. The second-order valence-electron chi connectivity index (χ2n) is 2.25. The second kappa shape index (κ2) is 4.42. The third kappa shape index (κ3) is 3.75. The van der Waals surface area contributed by atoms with Gasteiger partial charge in [0.25, 0.3) is 0 Å². The third-order valence-corrected chi connectivity index (χ3v) is 1.38. The molecule has 3 nitrogen and oxygen atoms in total. The Morgan fingerprint density at radius 2 is 2.21 bits per heavy atom. The minimum absolute atomic E-state index is 0.0639. The van der Waals surface area contributed by atoms with E-state index in [1.807, 2.05) is 0 Å². The molecular formula is C8H4Cl2FNO2. The van der Waals surface area contributed by atoms with Crippen molar-refractivity contribution in [1.29, 1.82) is 0 Å². The van der Waals surface area contributed by atoms with Crippen molar-refractivity contribution >= 4 is 35.0 Å². The smallest absolute Gasteiger partial charge is 0.410 e. The molecule has 0 saturated heterocycles. The number of carbonyl (C=O) groups excluding carboxylic acids is 1. The molecule has 14 heavy (non-hydrogen) atoms. The molecule has 0 aliphatic rings. The molecule has 0 N–H and O–H groups in total. The van der Waals surface area contributed by atoms with E-state index < -0.39 is 4.77 Å². The summed E-state index contributed by atoms with van der Waals surface area (Å²) in [7, 11) is 0. The molecule has 0 aliphatic heterocycles. The summed E-state index contributed by atoms with van der Waals surface area (Å²) in [5, 5.41) is 0. The highest BCUT2D eigenvalue weighted by molar-refractivity contribution is 6.46. The average molecular weight is 236 g/mol. The molecule has 0 atom stereocenters. The lowest BCUT2D eigenvalue weighted by molar-refractivity contribution is 0.104. The van der Waals surface area contributed by atoms with Crippen molar-refractivity contribution in [2.45, 2.75) is 4.77 Å². The molecule has 0 aliphatic carbocycles. The standard InChI is InChI=1S/C8H4Cl2FNO2/c9-8(10,11)14-7-3-1-2-6(4-7)12-5-13/h1-4H. The molecule has 0 unspecified atom stereocenters. The molecule has 1 rings (SSSR count). The van der Waals surface area contributed by atoms with Gasteiger partial charge in [0, 0.05) is 6.07 Å². The van der Waals surface area contributed by atoms with E-state index in [9.17, 15) is 9.18 Å². The lowest BCUT2D eigenvalue weighted by Crippen LogP contribution is -2.13. The first-order valence-corrected chi connectivity index (χ1v) is 4.20. The number of ether oxygens (including phenoxy) is 1. The number of hydrogen-bond acceptors (Lipinski definition) is 3. The highest BCUT2D eigenvalue weighted by Crippen LogP contribution is 2.29.